The normalized spacial score (nSPS) is 11.5. The first-order chi connectivity index (χ1) is 8.79. The van der Waals surface area contributed by atoms with Crippen molar-refractivity contribution in [3.63, 3.8) is 0 Å². The first-order valence-electron chi connectivity index (χ1n) is 6.64. The zero-order chi connectivity index (χ0) is 14.6. The fourth-order valence-corrected chi connectivity index (χ4v) is 1.86. The number of hydrogen-bond donors (Lipinski definition) is 2. The predicted molar refractivity (Wildman–Crippen MR) is 82.0 cm³/mol. The van der Waals surface area contributed by atoms with Crippen LogP contribution in [0.5, 0.6) is 0 Å². The van der Waals surface area contributed by atoms with E-state index < -0.39 is 0 Å². The van der Waals surface area contributed by atoms with Crippen molar-refractivity contribution in [3.8, 4) is 0 Å². The molecule has 0 aliphatic rings. The number of anilines is 1. The molecule has 19 heavy (non-hydrogen) atoms. The SMILES string of the molecule is CCNC(=O)c1c(Cl)cccc1NC(C)(C)C(C)C. The summed E-state index contributed by atoms with van der Waals surface area (Å²) in [6.45, 7) is 11.0. The monoisotopic (exact) mass is 282 g/mol. The fraction of sp³-hybridized carbons (Fsp3) is 0.533. The van der Waals surface area contributed by atoms with Crippen LogP contribution in [0.15, 0.2) is 18.2 Å². The highest BCUT2D eigenvalue weighted by molar-refractivity contribution is 6.34. The van der Waals surface area contributed by atoms with E-state index in [1.807, 2.05) is 19.1 Å². The largest absolute Gasteiger partial charge is 0.379 e. The molecule has 0 saturated carbocycles. The maximum atomic E-state index is 12.1. The second kappa shape index (κ2) is 6.29. The van der Waals surface area contributed by atoms with Crippen LogP contribution in [-0.2, 0) is 0 Å². The van der Waals surface area contributed by atoms with Crippen LogP contribution in [0.4, 0.5) is 5.69 Å². The van der Waals surface area contributed by atoms with Crippen LogP contribution in [0.2, 0.25) is 5.02 Å². The number of amides is 1. The number of rotatable bonds is 5. The Bertz CT molecular complexity index is 455. The molecule has 1 rings (SSSR count). The van der Waals surface area contributed by atoms with Crippen molar-refractivity contribution in [2.75, 3.05) is 11.9 Å². The van der Waals surface area contributed by atoms with E-state index in [9.17, 15) is 4.79 Å². The molecule has 0 aliphatic carbocycles. The van der Waals surface area contributed by atoms with Gasteiger partial charge < -0.3 is 10.6 Å². The van der Waals surface area contributed by atoms with E-state index in [0.717, 1.165) is 5.69 Å². The van der Waals surface area contributed by atoms with Gasteiger partial charge in [0.1, 0.15) is 0 Å². The van der Waals surface area contributed by atoms with E-state index in [2.05, 4.69) is 38.3 Å². The van der Waals surface area contributed by atoms with Crippen molar-refractivity contribution in [1.29, 1.82) is 0 Å². The molecule has 2 N–H and O–H groups in total. The van der Waals surface area contributed by atoms with E-state index in [0.29, 0.717) is 23.0 Å². The van der Waals surface area contributed by atoms with Crippen molar-refractivity contribution in [1.82, 2.24) is 5.32 Å². The van der Waals surface area contributed by atoms with E-state index in [4.69, 9.17) is 11.6 Å². The molecule has 0 aromatic heterocycles. The lowest BCUT2D eigenvalue weighted by Gasteiger charge is -2.32. The third kappa shape index (κ3) is 3.87. The molecule has 0 aliphatic heterocycles. The minimum atomic E-state index is -0.143. The van der Waals surface area contributed by atoms with Crippen molar-refractivity contribution in [2.45, 2.75) is 40.2 Å². The second-order valence-electron chi connectivity index (χ2n) is 5.52. The van der Waals surface area contributed by atoms with E-state index >= 15 is 0 Å². The molecule has 4 heteroatoms. The Morgan fingerprint density at radius 1 is 1.37 bits per heavy atom. The maximum Gasteiger partial charge on any atom is 0.254 e. The zero-order valence-corrected chi connectivity index (χ0v) is 13.1. The van der Waals surface area contributed by atoms with E-state index in [1.165, 1.54) is 0 Å². The Morgan fingerprint density at radius 3 is 2.53 bits per heavy atom. The summed E-state index contributed by atoms with van der Waals surface area (Å²) in [5.41, 5.74) is 1.17. The average Bonchev–Trinajstić information content (AvgIpc) is 2.28. The lowest BCUT2D eigenvalue weighted by Crippen LogP contribution is -2.37. The van der Waals surface area contributed by atoms with Crippen molar-refractivity contribution in [2.24, 2.45) is 5.92 Å². The van der Waals surface area contributed by atoms with Gasteiger partial charge >= 0.3 is 0 Å². The molecule has 0 radical (unpaired) electrons. The lowest BCUT2D eigenvalue weighted by molar-refractivity contribution is 0.0956. The topological polar surface area (TPSA) is 41.1 Å². The molecule has 0 spiro atoms. The minimum absolute atomic E-state index is 0.119. The van der Waals surface area contributed by atoms with Crippen LogP contribution in [0.25, 0.3) is 0 Å². The molecular weight excluding hydrogens is 260 g/mol. The van der Waals surface area contributed by atoms with Crippen LogP contribution in [0.3, 0.4) is 0 Å². The average molecular weight is 283 g/mol. The number of carbonyl (C=O) groups excluding carboxylic acids is 1. The Kier molecular flexibility index (Phi) is 5.24. The molecule has 106 valence electrons. The number of halogens is 1. The molecule has 0 saturated heterocycles. The van der Waals surface area contributed by atoms with Gasteiger partial charge in [0, 0.05) is 17.8 Å². The number of carbonyl (C=O) groups is 1. The van der Waals surface area contributed by atoms with Crippen molar-refractivity contribution in [3.05, 3.63) is 28.8 Å². The Morgan fingerprint density at radius 2 is 2.00 bits per heavy atom. The van der Waals surface area contributed by atoms with Crippen LogP contribution >= 0.6 is 11.6 Å². The van der Waals surface area contributed by atoms with E-state index in [1.54, 1.807) is 6.07 Å². The first kappa shape index (κ1) is 15.8. The van der Waals surface area contributed by atoms with Gasteiger partial charge in [-0.25, -0.2) is 0 Å². The molecule has 3 nitrogen and oxygen atoms in total. The molecule has 1 aromatic rings. The van der Waals surface area contributed by atoms with Gasteiger partial charge in [-0.3, -0.25) is 4.79 Å². The summed E-state index contributed by atoms with van der Waals surface area (Å²) >= 11 is 6.17. The van der Waals surface area contributed by atoms with Gasteiger partial charge in [0.2, 0.25) is 0 Å². The van der Waals surface area contributed by atoms with E-state index in [-0.39, 0.29) is 11.4 Å². The highest BCUT2D eigenvalue weighted by atomic mass is 35.5. The van der Waals surface area contributed by atoms with Gasteiger partial charge in [-0.2, -0.15) is 0 Å². The standard InChI is InChI=1S/C15H23ClN2O/c1-6-17-14(19)13-11(16)8-7-9-12(13)18-15(4,5)10(2)3/h7-10,18H,6H2,1-5H3,(H,17,19). The van der Waals surface area contributed by atoms with Gasteiger partial charge in [-0.05, 0) is 38.8 Å². The first-order valence-corrected chi connectivity index (χ1v) is 7.02. The highest BCUT2D eigenvalue weighted by Crippen LogP contribution is 2.29. The summed E-state index contributed by atoms with van der Waals surface area (Å²) in [7, 11) is 0. The zero-order valence-electron chi connectivity index (χ0n) is 12.3. The van der Waals surface area contributed by atoms with Gasteiger partial charge in [0.15, 0.2) is 0 Å². The molecule has 0 heterocycles. The summed E-state index contributed by atoms with van der Waals surface area (Å²) in [4.78, 5) is 12.1. The smallest absolute Gasteiger partial charge is 0.254 e. The summed E-state index contributed by atoms with van der Waals surface area (Å²) in [6, 6.07) is 5.48. The summed E-state index contributed by atoms with van der Waals surface area (Å²) in [5.74, 6) is 0.281. The Balaban J connectivity index is 3.14. The van der Waals surface area contributed by atoms with Crippen molar-refractivity contribution >= 4 is 23.2 Å². The molecule has 0 fully saturated rings. The summed E-state index contributed by atoms with van der Waals surface area (Å²) < 4.78 is 0. The van der Waals surface area contributed by atoms with Crippen LogP contribution in [0, 0.1) is 5.92 Å². The molecule has 0 bridgehead atoms. The second-order valence-corrected chi connectivity index (χ2v) is 5.93. The Labute approximate surface area is 120 Å². The third-order valence-electron chi connectivity index (χ3n) is 3.48. The molecule has 0 unspecified atom stereocenters. The number of benzene rings is 1. The van der Waals surface area contributed by atoms with Crippen LogP contribution < -0.4 is 10.6 Å². The number of nitrogens with one attached hydrogen (secondary N) is 2. The van der Waals surface area contributed by atoms with Crippen LogP contribution in [-0.4, -0.2) is 18.0 Å². The van der Waals surface area contributed by atoms with Gasteiger partial charge in [0.25, 0.3) is 5.91 Å². The number of hydrogen-bond acceptors (Lipinski definition) is 2. The summed E-state index contributed by atoms with van der Waals surface area (Å²) in [5, 5.41) is 6.68. The third-order valence-corrected chi connectivity index (χ3v) is 3.79. The summed E-state index contributed by atoms with van der Waals surface area (Å²) in [6.07, 6.45) is 0. The van der Waals surface area contributed by atoms with Crippen molar-refractivity contribution < 1.29 is 4.79 Å². The lowest BCUT2D eigenvalue weighted by atomic mass is 9.90. The van der Waals surface area contributed by atoms with Gasteiger partial charge in [-0.15, -0.1) is 0 Å². The molecule has 0 atom stereocenters. The van der Waals surface area contributed by atoms with Gasteiger partial charge in [0.05, 0.1) is 10.6 Å². The molecule has 1 aromatic carbocycles. The Hall–Kier alpha value is -1.22. The fourth-order valence-electron chi connectivity index (χ4n) is 1.60. The van der Waals surface area contributed by atoms with Gasteiger partial charge in [-0.1, -0.05) is 31.5 Å². The quantitative estimate of drug-likeness (QED) is 0.859. The van der Waals surface area contributed by atoms with Crippen LogP contribution in [0.1, 0.15) is 45.0 Å². The molecular formula is C15H23ClN2O. The predicted octanol–water partition coefficient (Wildman–Crippen LogP) is 3.94. The maximum absolute atomic E-state index is 12.1. The molecule has 1 amide bonds. The highest BCUT2D eigenvalue weighted by Gasteiger charge is 2.25. The minimum Gasteiger partial charge on any atom is -0.379 e.